The second-order valence-electron chi connectivity index (χ2n) is 3.64. The first-order chi connectivity index (χ1) is 5.59. The van der Waals surface area contributed by atoms with Gasteiger partial charge in [-0.15, -0.1) is 0 Å². The molecule has 2 nitrogen and oxygen atoms in total. The molecule has 0 aromatic carbocycles. The molecule has 0 spiro atoms. The quantitative estimate of drug-likeness (QED) is 0.624. The SMILES string of the molecule is CCCN1C(C)=C(C)C(C)N1C. The van der Waals surface area contributed by atoms with Gasteiger partial charge in [-0.2, -0.15) is 0 Å². The van der Waals surface area contributed by atoms with Crippen LogP contribution in [0.4, 0.5) is 0 Å². The van der Waals surface area contributed by atoms with Crippen LogP contribution in [0.5, 0.6) is 0 Å². The molecule has 0 aromatic heterocycles. The van der Waals surface area contributed by atoms with Crippen molar-refractivity contribution >= 4 is 0 Å². The van der Waals surface area contributed by atoms with Crippen molar-refractivity contribution < 1.29 is 0 Å². The number of hydrogen-bond acceptors (Lipinski definition) is 2. The summed E-state index contributed by atoms with van der Waals surface area (Å²) in [6.45, 7) is 10.1. The molecule has 2 heteroatoms. The Morgan fingerprint density at radius 3 is 2.25 bits per heavy atom. The molecule has 1 heterocycles. The van der Waals surface area contributed by atoms with Crippen molar-refractivity contribution in [3.63, 3.8) is 0 Å². The lowest BCUT2D eigenvalue weighted by Crippen LogP contribution is -2.38. The number of rotatable bonds is 2. The van der Waals surface area contributed by atoms with E-state index in [1.807, 2.05) is 0 Å². The number of allylic oxidation sites excluding steroid dienone is 1. The van der Waals surface area contributed by atoms with Crippen molar-refractivity contribution in [1.82, 2.24) is 10.0 Å². The third-order valence-electron chi connectivity index (χ3n) is 2.96. The van der Waals surface area contributed by atoms with Gasteiger partial charge < -0.3 is 5.01 Å². The highest BCUT2D eigenvalue weighted by atomic mass is 15.6. The number of hydrazine groups is 1. The summed E-state index contributed by atoms with van der Waals surface area (Å²) in [5.41, 5.74) is 2.94. The van der Waals surface area contributed by atoms with Crippen LogP contribution in [0, 0.1) is 0 Å². The van der Waals surface area contributed by atoms with Gasteiger partial charge in [0.2, 0.25) is 0 Å². The predicted octanol–water partition coefficient (Wildman–Crippen LogP) is 2.24. The van der Waals surface area contributed by atoms with E-state index in [4.69, 9.17) is 0 Å². The molecule has 0 fully saturated rings. The summed E-state index contributed by atoms with van der Waals surface area (Å²) < 4.78 is 0. The van der Waals surface area contributed by atoms with Crippen LogP contribution in [-0.2, 0) is 0 Å². The first kappa shape index (κ1) is 9.59. The summed E-state index contributed by atoms with van der Waals surface area (Å²) >= 11 is 0. The Labute approximate surface area is 75.8 Å². The van der Waals surface area contributed by atoms with E-state index in [-0.39, 0.29) is 0 Å². The van der Waals surface area contributed by atoms with E-state index in [0.717, 1.165) is 6.54 Å². The summed E-state index contributed by atoms with van der Waals surface area (Å²) in [6, 6.07) is 0.580. The fraction of sp³-hybridized carbons (Fsp3) is 0.800. The summed E-state index contributed by atoms with van der Waals surface area (Å²) in [6.07, 6.45) is 1.21. The Morgan fingerprint density at radius 2 is 1.92 bits per heavy atom. The maximum atomic E-state index is 2.38. The highest BCUT2D eigenvalue weighted by Crippen LogP contribution is 2.26. The topological polar surface area (TPSA) is 6.48 Å². The fourth-order valence-electron chi connectivity index (χ4n) is 1.77. The molecule has 0 amide bonds. The minimum atomic E-state index is 0.580. The minimum Gasteiger partial charge on any atom is -0.310 e. The van der Waals surface area contributed by atoms with Crippen molar-refractivity contribution in [3.8, 4) is 0 Å². The third kappa shape index (κ3) is 1.36. The lowest BCUT2D eigenvalue weighted by molar-refractivity contribution is 0.0401. The molecule has 0 radical (unpaired) electrons. The number of nitrogens with zero attached hydrogens (tertiary/aromatic N) is 2. The Morgan fingerprint density at radius 1 is 1.33 bits per heavy atom. The average molecular weight is 168 g/mol. The zero-order valence-electron chi connectivity index (χ0n) is 8.89. The van der Waals surface area contributed by atoms with Crippen LogP contribution in [0.1, 0.15) is 34.1 Å². The lowest BCUT2D eigenvalue weighted by Gasteiger charge is -2.30. The largest absolute Gasteiger partial charge is 0.310 e. The van der Waals surface area contributed by atoms with Gasteiger partial charge in [0.15, 0.2) is 0 Å². The first-order valence-electron chi connectivity index (χ1n) is 4.77. The molecule has 0 aromatic rings. The predicted molar refractivity (Wildman–Crippen MR) is 52.6 cm³/mol. The van der Waals surface area contributed by atoms with E-state index in [1.165, 1.54) is 17.7 Å². The van der Waals surface area contributed by atoms with Gasteiger partial charge in [0.1, 0.15) is 0 Å². The molecular weight excluding hydrogens is 148 g/mol. The zero-order valence-corrected chi connectivity index (χ0v) is 8.89. The highest BCUT2D eigenvalue weighted by molar-refractivity contribution is 5.19. The van der Waals surface area contributed by atoms with Gasteiger partial charge in [-0.1, -0.05) is 6.92 Å². The van der Waals surface area contributed by atoms with Crippen LogP contribution < -0.4 is 0 Å². The molecule has 1 rings (SSSR count). The van der Waals surface area contributed by atoms with Gasteiger partial charge in [-0.05, 0) is 32.8 Å². The van der Waals surface area contributed by atoms with E-state index < -0.39 is 0 Å². The maximum Gasteiger partial charge on any atom is 0.0488 e. The van der Waals surface area contributed by atoms with Crippen molar-refractivity contribution in [2.45, 2.75) is 40.2 Å². The molecule has 1 aliphatic heterocycles. The summed E-state index contributed by atoms with van der Waals surface area (Å²) in [4.78, 5) is 0. The molecular formula is C10H20N2. The maximum absolute atomic E-state index is 2.38. The van der Waals surface area contributed by atoms with E-state index in [0.29, 0.717) is 6.04 Å². The van der Waals surface area contributed by atoms with Crippen molar-refractivity contribution in [3.05, 3.63) is 11.3 Å². The smallest absolute Gasteiger partial charge is 0.0488 e. The monoisotopic (exact) mass is 168 g/mol. The van der Waals surface area contributed by atoms with Crippen LogP contribution in [0.15, 0.2) is 11.3 Å². The van der Waals surface area contributed by atoms with Gasteiger partial charge in [-0.25, -0.2) is 5.01 Å². The third-order valence-corrected chi connectivity index (χ3v) is 2.96. The van der Waals surface area contributed by atoms with Crippen molar-refractivity contribution in [1.29, 1.82) is 0 Å². The zero-order chi connectivity index (χ0) is 9.30. The normalized spacial score (nSPS) is 25.8. The van der Waals surface area contributed by atoms with Gasteiger partial charge in [0.25, 0.3) is 0 Å². The van der Waals surface area contributed by atoms with E-state index in [2.05, 4.69) is 44.8 Å². The molecule has 1 unspecified atom stereocenters. The Balaban J connectivity index is 2.76. The molecule has 12 heavy (non-hydrogen) atoms. The summed E-state index contributed by atoms with van der Waals surface area (Å²) in [5.74, 6) is 0. The van der Waals surface area contributed by atoms with E-state index in [9.17, 15) is 0 Å². The van der Waals surface area contributed by atoms with Gasteiger partial charge in [0, 0.05) is 25.3 Å². The van der Waals surface area contributed by atoms with Crippen molar-refractivity contribution in [2.75, 3.05) is 13.6 Å². The van der Waals surface area contributed by atoms with Gasteiger partial charge >= 0.3 is 0 Å². The lowest BCUT2D eigenvalue weighted by atomic mass is 10.1. The van der Waals surface area contributed by atoms with Crippen LogP contribution in [0.25, 0.3) is 0 Å². The van der Waals surface area contributed by atoms with Crippen LogP contribution in [-0.4, -0.2) is 29.7 Å². The second-order valence-corrected chi connectivity index (χ2v) is 3.64. The minimum absolute atomic E-state index is 0.580. The fourth-order valence-corrected chi connectivity index (χ4v) is 1.77. The second kappa shape index (κ2) is 3.48. The molecule has 0 bridgehead atoms. The Bertz CT molecular complexity index is 196. The number of likely N-dealkylation sites (N-methyl/N-ethyl adjacent to an activating group) is 1. The van der Waals surface area contributed by atoms with E-state index >= 15 is 0 Å². The van der Waals surface area contributed by atoms with Crippen LogP contribution in [0.2, 0.25) is 0 Å². The molecule has 1 aliphatic rings. The van der Waals surface area contributed by atoms with E-state index in [1.54, 1.807) is 0 Å². The summed E-state index contributed by atoms with van der Waals surface area (Å²) in [5, 5.41) is 4.70. The molecule has 0 N–H and O–H groups in total. The molecule has 1 atom stereocenters. The Hall–Kier alpha value is -0.500. The average Bonchev–Trinajstić information content (AvgIpc) is 2.23. The Kier molecular flexibility index (Phi) is 2.78. The highest BCUT2D eigenvalue weighted by Gasteiger charge is 2.27. The van der Waals surface area contributed by atoms with Crippen molar-refractivity contribution in [2.24, 2.45) is 0 Å². The molecule has 0 saturated carbocycles. The summed E-state index contributed by atoms with van der Waals surface area (Å²) in [7, 11) is 2.17. The molecule has 0 aliphatic carbocycles. The first-order valence-corrected chi connectivity index (χ1v) is 4.77. The number of hydrogen-bond donors (Lipinski definition) is 0. The van der Waals surface area contributed by atoms with Crippen LogP contribution >= 0.6 is 0 Å². The molecule has 70 valence electrons. The standard InChI is InChI=1S/C10H20N2/c1-6-7-12-10(4)8(2)9(3)11(12)5/h9H,6-7H2,1-5H3. The van der Waals surface area contributed by atoms with Crippen LogP contribution in [0.3, 0.4) is 0 Å². The van der Waals surface area contributed by atoms with Gasteiger partial charge in [0.05, 0.1) is 0 Å². The molecule has 0 saturated heterocycles. The van der Waals surface area contributed by atoms with Gasteiger partial charge in [-0.3, -0.25) is 0 Å².